The summed E-state index contributed by atoms with van der Waals surface area (Å²) < 4.78 is 7.00. The molecule has 1 N–H and O–H groups in total. The molecule has 26 heavy (non-hydrogen) atoms. The van der Waals surface area contributed by atoms with Crippen molar-refractivity contribution in [3.63, 3.8) is 0 Å². The highest BCUT2D eigenvalue weighted by Gasteiger charge is 2.14. The molecule has 3 rings (SSSR count). The first-order valence-corrected chi connectivity index (χ1v) is 9.41. The summed E-state index contributed by atoms with van der Waals surface area (Å²) >= 11 is 1.52. The molecule has 8 heteroatoms. The molecule has 1 amide bonds. The van der Waals surface area contributed by atoms with E-state index < -0.39 is 0 Å². The maximum atomic E-state index is 12.0. The molecular weight excluding hydrogens is 350 g/mol. The molecule has 0 radical (unpaired) electrons. The minimum atomic E-state index is -0.104. The van der Waals surface area contributed by atoms with Crippen LogP contribution in [-0.4, -0.2) is 31.6 Å². The van der Waals surface area contributed by atoms with Crippen LogP contribution in [-0.2, 0) is 11.3 Å². The van der Waals surface area contributed by atoms with E-state index in [1.54, 1.807) is 13.0 Å². The Morgan fingerprint density at radius 1 is 1.27 bits per heavy atom. The lowest BCUT2D eigenvalue weighted by atomic mass is 10.1. The minimum absolute atomic E-state index is 0.104. The van der Waals surface area contributed by atoms with Gasteiger partial charge in [-0.2, -0.15) is 0 Å². The summed E-state index contributed by atoms with van der Waals surface area (Å²) in [5.74, 6) is 2.45. The number of carbonyl (C=O) groups excluding carboxylic acids is 1. The highest BCUT2D eigenvalue weighted by Crippen LogP contribution is 2.25. The first-order chi connectivity index (χ1) is 12.6. The fourth-order valence-electron chi connectivity index (χ4n) is 2.54. The van der Waals surface area contributed by atoms with Crippen LogP contribution < -0.4 is 5.32 Å². The van der Waals surface area contributed by atoms with Crippen molar-refractivity contribution in [3.05, 3.63) is 41.7 Å². The molecule has 1 aromatic carbocycles. The van der Waals surface area contributed by atoms with Gasteiger partial charge in [0.15, 0.2) is 16.8 Å². The van der Waals surface area contributed by atoms with Crippen molar-refractivity contribution in [2.24, 2.45) is 0 Å². The number of aromatic nitrogens is 4. The molecule has 0 aliphatic rings. The van der Waals surface area contributed by atoms with Crippen LogP contribution in [0.4, 0.5) is 5.82 Å². The molecule has 0 fully saturated rings. The Balaban J connectivity index is 1.61. The monoisotopic (exact) mass is 371 g/mol. The Morgan fingerprint density at radius 3 is 2.81 bits per heavy atom. The molecule has 0 spiro atoms. The molecule has 7 nitrogen and oxygen atoms in total. The van der Waals surface area contributed by atoms with Crippen LogP contribution in [0.1, 0.15) is 24.7 Å². The topological polar surface area (TPSA) is 85.8 Å². The van der Waals surface area contributed by atoms with E-state index in [0.717, 1.165) is 23.1 Å². The van der Waals surface area contributed by atoms with Crippen LogP contribution in [0, 0.1) is 13.8 Å². The Hall–Kier alpha value is -2.61. The van der Waals surface area contributed by atoms with Crippen molar-refractivity contribution in [2.45, 2.75) is 38.9 Å². The van der Waals surface area contributed by atoms with E-state index in [0.29, 0.717) is 23.8 Å². The van der Waals surface area contributed by atoms with Crippen molar-refractivity contribution in [2.75, 3.05) is 11.1 Å². The smallest absolute Gasteiger partial charge is 0.226 e. The quantitative estimate of drug-likeness (QED) is 0.638. The summed E-state index contributed by atoms with van der Waals surface area (Å²) in [6.45, 7) is 6.66. The van der Waals surface area contributed by atoms with Gasteiger partial charge in [0.2, 0.25) is 5.91 Å². The molecule has 3 aromatic rings. The maximum Gasteiger partial charge on any atom is 0.226 e. The Bertz CT molecular complexity index is 903. The molecule has 0 aliphatic heterocycles. The molecule has 0 atom stereocenters. The van der Waals surface area contributed by atoms with E-state index in [9.17, 15) is 4.79 Å². The second-order valence-electron chi connectivity index (χ2n) is 5.89. The zero-order valence-electron chi connectivity index (χ0n) is 15.0. The average Bonchev–Trinajstić information content (AvgIpc) is 3.20. The third-order valence-electron chi connectivity index (χ3n) is 3.77. The molecule has 136 valence electrons. The number of aryl methyl sites for hydroxylation is 2. The molecule has 0 saturated heterocycles. The molecule has 2 heterocycles. The fourth-order valence-corrected chi connectivity index (χ4v) is 3.48. The summed E-state index contributed by atoms with van der Waals surface area (Å²) in [7, 11) is 0. The Morgan fingerprint density at radius 2 is 2.12 bits per heavy atom. The van der Waals surface area contributed by atoms with Gasteiger partial charge in [0.25, 0.3) is 0 Å². The average molecular weight is 371 g/mol. The SMILES string of the molecule is CCn1c(SCCC(=O)Nc2cc(C)on2)nnc1-c1cccc(C)c1. The molecule has 2 aromatic heterocycles. The van der Waals surface area contributed by atoms with E-state index in [4.69, 9.17) is 4.52 Å². The third kappa shape index (κ3) is 4.32. The number of hydrogen-bond donors (Lipinski definition) is 1. The van der Waals surface area contributed by atoms with Crippen LogP contribution >= 0.6 is 11.8 Å². The summed E-state index contributed by atoms with van der Waals surface area (Å²) in [6.07, 6.45) is 0.354. The van der Waals surface area contributed by atoms with E-state index in [-0.39, 0.29) is 5.91 Å². The van der Waals surface area contributed by atoms with E-state index in [2.05, 4.69) is 51.2 Å². The zero-order chi connectivity index (χ0) is 18.5. The van der Waals surface area contributed by atoms with Gasteiger partial charge in [0.1, 0.15) is 5.76 Å². The largest absolute Gasteiger partial charge is 0.360 e. The summed E-state index contributed by atoms with van der Waals surface area (Å²) in [6, 6.07) is 9.89. The highest BCUT2D eigenvalue weighted by atomic mass is 32.2. The van der Waals surface area contributed by atoms with Crippen LogP contribution in [0.5, 0.6) is 0 Å². The highest BCUT2D eigenvalue weighted by molar-refractivity contribution is 7.99. The number of benzene rings is 1. The summed E-state index contributed by atoms with van der Waals surface area (Å²) in [4.78, 5) is 12.0. The molecule has 0 bridgehead atoms. The number of anilines is 1. The number of rotatable bonds is 7. The van der Waals surface area contributed by atoms with Crippen molar-refractivity contribution >= 4 is 23.5 Å². The number of nitrogens with one attached hydrogen (secondary N) is 1. The first-order valence-electron chi connectivity index (χ1n) is 8.43. The van der Waals surface area contributed by atoms with E-state index in [1.165, 1.54) is 17.3 Å². The Kier molecular flexibility index (Phi) is 5.72. The van der Waals surface area contributed by atoms with Crippen LogP contribution in [0.2, 0.25) is 0 Å². The van der Waals surface area contributed by atoms with Gasteiger partial charge in [-0.15, -0.1) is 10.2 Å². The Labute approximate surface area is 156 Å². The third-order valence-corrected chi connectivity index (χ3v) is 4.73. The van der Waals surface area contributed by atoms with Gasteiger partial charge in [0.05, 0.1) is 0 Å². The van der Waals surface area contributed by atoms with E-state index in [1.807, 2.05) is 12.1 Å². The fraction of sp³-hybridized carbons (Fsp3) is 0.333. The number of hydrogen-bond acceptors (Lipinski definition) is 6. The standard InChI is InChI=1S/C18H21N5O2S/c1-4-23-17(14-7-5-6-12(2)10-14)20-21-18(23)26-9-8-16(24)19-15-11-13(3)25-22-15/h5-7,10-11H,4,8-9H2,1-3H3,(H,19,22,24). The lowest BCUT2D eigenvalue weighted by molar-refractivity contribution is -0.115. The van der Waals surface area contributed by atoms with Crippen LogP contribution in [0.25, 0.3) is 11.4 Å². The molecule has 0 saturated carbocycles. The van der Waals surface area contributed by atoms with Gasteiger partial charge in [-0.1, -0.05) is 40.7 Å². The van der Waals surface area contributed by atoms with Crippen molar-refractivity contribution in [3.8, 4) is 11.4 Å². The van der Waals surface area contributed by atoms with Gasteiger partial charge < -0.3 is 14.4 Å². The van der Waals surface area contributed by atoms with Gasteiger partial charge in [0, 0.05) is 30.3 Å². The zero-order valence-corrected chi connectivity index (χ0v) is 15.8. The molecule has 0 aliphatic carbocycles. The number of nitrogens with zero attached hydrogens (tertiary/aromatic N) is 4. The minimum Gasteiger partial charge on any atom is -0.360 e. The van der Waals surface area contributed by atoms with Crippen LogP contribution in [0.15, 0.2) is 40.0 Å². The van der Waals surface area contributed by atoms with E-state index >= 15 is 0 Å². The van der Waals surface area contributed by atoms with Gasteiger partial charge in [-0.3, -0.25) is 4.79 Å². The molecular formula is C18H21N5O2S. The second-order valence-corrected chi connectivity index (χ2v) is 6.95. The summed E-state index contributed by atoms with van der Waals surface area (Å²) in [5, 5.41) is 15.9. The first kappa shape index (κ1) is 18.2. The number of amides is 1. The number of thioether (sulfide) groups is 1. The lowest BCUT2D eigenvalue weighted by Crippen LogP contribution is -2.12. The predicted octanol–water partition coefficient (Wildman–Crippen LogP) is 3.69. The number of carbonyl (C=O) groups is 1. The molecule has 0 unspecified atom stereocenters. The normalized spacial score (nSPS) is 10.9. The maximum absolute atomic E-state index is 12.0. The van der Waals surface area contributed by atoms with Crippen molar-refractivity contribution in [1.82, 2.24) is 19.9 Å². The lowest BCUT2D eigenvalue weighted by Gasteiger charge is -2.07. The van der Waals surface area contributed by atoms with Crippen molar-refractivity contribution < 1.29 is 9.32 Å². The van der Waals surface area contributed by atoms with Gasteiger partial charge in [-0.05, 0) is 26.8 Å². The van der Waals surface area contributed by atoms with Crippen molar-refractivity contribution in [1.29, 1.82) is 0 Å². The van der Waals surface area contributed by atoms with Gasteiger partial charge in [-0.25, -0.2) is 0 Å². The van der Waals surface area contributed by atoms with Gasteiger partial charge >= 0.3 is 0 Å². The second kappa shape index (κ2) is 8.18. The predicted molar refractivity (Wildman–Crippen MR) is 101 cm³/mol. The van der Waals surface area contributed by atoms with Crippen LogP contribution in [0.3, 0.4) is 0 Å². The summed E-state index contributed by atoms with van der Waals surface area (Å²) in [5.41, 5.74) is 2.23.